The summed E-state index contributed by atoms with van der Waals surface area (Å²) in [7, 11) is 0. The lowest BCUT2D eigenvalue weighted by Crippen LogP contribution is -2.48. The summed E-state index contributed by atoms with van der Waals surface area (Å²) in [5, 5.41) is 9.83. The molecule has 0 radical (unpaired) electrons. The molecular formula is C17H18N4O2S. The molecule has 0 bridgehead atoms. The van der Waals surface area contributed by atoms with Crippen molar-refractivity contribution in [1.29, 1.82) is 5.26 Å². The van der Waals surface area contributed by atoms with Crippen LogP contribution in [0.2, 0.25) is 0 Å². The number of pyridine rings is 1. The van der Waals surface area contributed by atoms with E-state index in [0.717, 1.165) is 30.4 Å². The van der Waals surface area contributed by atoms with Crippen molar-refractivity contribution in [3.05, 3.63) is 47.5 Å². The van der Waals surface area contributed by atoms with Gasteiger partial charge in [0.25, 0.3) is 5.91 Å². The van der Waals surface area contributed by atoms with Crippen LogP contribution in [0.1, 0.15) is 21.8 Å². The first-order valence-corrected chi connectivity index (χ1v) is 8.93. The third kappa shape index (κ3) is 3.61. The smallest absolute Gasteiger partial charge is 0.289 e. The summed E-state index contributed by atoms with van der Waals surface area (Å²) in [6, 6.07) is 9.30. The van der Waals surface area contributed by atoms with E-state index in [1.54, 1.807) is 12.1 Å². The van der Waals surface area contributed by atoms with E-state index in [4.69, 9.17) is 9.68 Å². The Balaban J connectivity index is 1.58. The number of thioether (sulfide) groups is 1. The van der Waals surface area contributed by atoms with Crippen molar-refractivity contribution in [2.75, 3.05) is 32.4 Å². The molecule has 0 unspecified atom stereocenters. The van der Waals surface area contributed by atoms with Gasteiger partial charge >= 0.3 is 0 Å². The number of piperazine rings is 1. The zero-order valence-corrected chi connectivity index (χ0v) is 14.3. The zero-order chi connectivity index (χ0) is 16.9. The quantitative estimate of drug-likeness (QED) is 0.793. The van der Waals surface area contributed by atoms with Gasteiger partial charge in [0, 0.05) is 32.7 Å². The molecule has 1 aliphatic heterocycles. The van der Waals surface area contributed by atoms with Crippen molar-refractivity contribution in [1.82, 2.24) is 14.8 Å². The van der Waals surface area contributed by atoms with Crippen molar-refractivity contribution in [3.63, 3.8) is 0 Å². The van der Waals surface area contributed by atoms with E-state index in [9.17, 15) is 4.79 Å². The Kier molecular flexibility index (Phi) is 5.18. The molecule has 6 nitrogen and oxygen atoms in total. The minimum atomic E-state index is -0.0548. The number of carbonyl (C=O) groups is 1. The SMILES string of the molecule is CSc1nc(CN2CCN(C(=O)c3ccco3)CC2)ccc1C#N. The van der Waals surface area contributed by atoms with Gasteiger partial charge in [-0.1, -0.05) is 0 Å². The summed E-state index contributed by atoms with van der Waals surface area (Å²) in [4.78, 5) is 20.9. The van der Waals surface area contributed by atoms with Crippen LogP contribution < -0.4 is 0 Å². The molecule has 7 heteroatoms. The summed E-state index contributed by atoms with van der Waals surface area (Å²) < 4.78 is 5.17. The molecule has 1 amide bonds. The first-order chi connectivity index (χ1) is 11.7. The van der Waals surface area contributed by atoms with E-state index < -0.39 is 0 Å². The number of carbonyl (C=O) groups excluding carboxylic acids is 1. The lowest BCUT2D eigenvalue weighted by Gasteiger charge is -2.34. The maximum Gasteiger partial charge on any atom is 0.289 e. The van der Waals surface area contributed by atoms with Gasteiger partial charge in [-0.05, 0) is 30.5 Å². The number of amides is 1. The van der Waals surface area contributed by atoms with E-state index in [-0.39, 0.29) is 5.91 Å². The molecule has 0 saturated carbocycles. The highest BCUT2D eigenvalue weighted by Crippen LogP contribution is 2.19. The molecule has 1 aliphatic rings. The van der Waals surface area contributed by atoms with Crippen molar-refractivity contribution in [3.8, 4) is 6.07 Å². The van der Waals surface area contributed by atoms with Gasteiger partial charge in [0.1, 0.15) is 11.1 Å². The van der Waals surface area contributed by atoms with Gasteiger partial charge in [-0.25, -0.2) is 4.98 Å². The highest BCUT2D eigenvalue weighted by Gasteiger charge is 2.23. The summed E-state index contributed by atoms with van der Waals surface area (Å²) in [6.45, 7) is 3.66. The monoisotopic (exact) mass is 342 g/mol. The maximum absolute atomic E-state index is 12.2. The number of hydrogen-bond donors (Lipinski definition) is 0. The number of hydrogen-bond acceptors (Lipinski definition) is 6. The molecule has 0 spiro atoms. The molecule has 1 saturated heterocycles. The number of furan rings is 1. The Morgan fingerprint density at radius 2 is 2.12 bits per heavy atom. The van der Waals surface area contributed by atoms with Gasteiger partial charge in [0.2, 0.25) is 0 Å². The van der Waals surface area contributed by atoms with Crippen LogP contribution in [-0.2, 0) is 6.54 Å². The predicted molar refractivity (Wildman–Crippen MR) is 90.6 cm³/mol. The molecule has 0 aliphatic carbocycles. The Hall–Kier alpha value is -2.30. The molecule has 0 atom stereocenters. The third-order valence-corrected chi connectivity index (χ3v) is 4.71. The molecular weight excluding hydrogens is 324 g/mol. The fraction of sp³-hybridized carbons (Fsp3) is 0.353. The fourth-order valence-corrected chi connectivity index (χ4v) is 3.24. The summed E-state index contributed by atoms with van der Waals surface area (Å²) in [5.41, 5.74) is 1.56. The molecule has 3 heterocycles. The van der Waals surface area contributed by atoms with Gasteiger partial charge in [0.05, 0.1) is 17.5 Å². The Labute approximate surface area is 145 Å². The van der Waals surface area contributed by atoms with Crippen LogP contribution in [-0.4, -0.2) is 53.1 Å². The van der Waals surface area contributed by atoms with Gasteiger partial charge in [-0.2, -0.15) is 5.26 Å². The summed E-state index contributed by atoms with van der Waals surface area (Å²) in [5.74, 6) is 0.336. The van der Waals surface area contributed by atoms with Gasteiger partial charge in [-0.15, -0.1) is 11.8 Å². The van der Waals surface area contributed by atoms with Crippen molar-refractivity contribution >= 4 is 17.7 Å². The highest BCUT2D eigenvalue weighted by molar-refractivity contribution is 7.98. The first kappa shape index (κ1) is 16.6. The minimum absolute atomic E-state index is 0.0548. The minimum Gasteiger partial charge on any atom is -0.459 e. The van der Waals surface area contributed by atoms with Crippen LogP contribution in [0, 0.1) is 11.3 Å². The maximum atomic E-state index is 12.2. The van der Waals surface area contributed by atoms with E-state index in [0.29, 0.717) is 24.4 Å². The lowest BCUT2D eigenvalue weighted by molar-refractivity contribution is 0.0596. The zero-order valence-electron chi connectivity index (χ0n) is 13.4. The second-order valence-corrected chi connectivity index (χ2v) is 6.31. The van der Waals surface area contributed by atoms with E-state index in [1.807, 2.05) is 23.3 Å². The number of nitrogens with zero attached hydrogens (tertiary/aromatic N) is 4. The molecule has 0 aromatic carbocycles. The van der Waals surface area contributed by atoms with E-state index >= 15 is 0 Å². The molecule has 0 N–H and O–H groups in total. The van der Waals surface area contributed by atoms with Gasteiger partial charge in [0.15, 0.2) is 5.76 Å². The molecule has 124 valence electrons. The van der Waals surface area contributed by atoms with Gasteiger partial charge in [-0.3, -0.25) is 9.69 Å². The predicted octanol–water partition coefficient (Wildman–Crippen LogP) is 2.23. The first-order valence-electron chi connectivity index (χ1n) is 7.70. The van der Waals surface area contributed by atoms with Crippen LogP contribution in [0.3, 0.4) is 0 Å². The Morgan fingerprint density at radius 3 is 2.75 bits per heavy atom. The van der Waals surface area contributed by atoms with Crippen LogP contribution in [0.5, 0.6) is 0 Å². The van der Waals surface area contributed by atoms with Crippen LogP contribution in [0.25, 0.3) is 0 Å². The Morgan fingerprint density at radius 1 is 1.33 bits per heavy atom. The van der Waals surface area contributed by atoms with Crippen molar-refractivity contribution in [2.24, 2.45) is 0 Å². The number of rotatable bonds is 4. The van der Waals surface area contributed by atoms with Crippen molar-refractivity contribution in [2.45, 2.75) is 11.6 Å². The molecule has 2 aromatic heterocycles. The normalized spacial score (nSPS) is 15.2. The third-order valence-electron chi connectivity index (χ3n) is 4.01. The van der Waals surface area contributed by atoms with Crippen LogP contribution in [0.15, 0.2) is 40.0 Å². The van der Waals surface area contributed by atoms with Gasteiger partial charge < -0.3 is 9.32 Å². The van der Waals surface area contributed by atoms with Crippen LogP contribution >= 0.6 is 11.8 Å². The second kappa shape index (κ2) is 7.51. The van der Waals surface area contributed by atoms with E-state index in [1.165, 1.54) is 18.0 Å². The van der Waals surface area contributed by atoms with E-state index in [2.05, 4.69) is 16.0 Å². The second-order valence-electron chi connectivity index (χ2n) is 5.52. The summed E-state index contributed by atoms with van der Waals surface area (Å²) in [6.07, 6.45) is 3.44. The topological polar surface area (TPSA) is 73.4 Å². The fourth-order valence-electron chi connectivity index (χ4n) is 2.70. The highest BCUT2D eigenvalue weighted by atomic mass is 32.2. The Bertz CT molecular complexity index is 746. The molecule has 24 heavy (non-hydrogen) atoms. The largest absolute Gasteiger partial charge is 0.459 e. The average molecular weight is 342 g/mol. The number of aromatic nitrogens is 1. The average Bonchev–Trinajstić information content (AvgIpc) is 3.16. The molecule has 1 fully saturated rings. The summed E-state index contributed by atoms with van der Waals surface area (Å²) >= 11 is 1.48. The lowest BCUT2D eigenvalue weighted by atomic mass is 10.2. The standard InChI is InChI=1S/C17H18N4O2S/c1-24-16-13(11-18)4-5-14(19-16)12-20-6-8-21(9-7-20)17(22)15-3-2-10-23-15/h2-5,10H,6-9,12H2,1H3. The number of nitriles is 1. The van der Waals surface area contributed by atoms with Crippen LogP contribution in [0.4, 0.5) is 0 Å². The molecule has 2 aromatic rings. The van der Waals surface area contributed by atoms with Crippen molar-refractivity contribution < 1.29 is 9.21 Å². The molecule has 3 rings (SSSR count).